The monoisotopic (exact) mass is 367 g/mol. The number of hydrogen-bond donors (Lipinski definition) is 0. The van der Waals surface area contributed by atoms with E-state index in [1.807, 2.05) is 17.5 Å². The molecule has 0 saturated heterocycles. The van der Waals surface area contributed by atoms with E-state index in [2.05, 4.69) is 31.9 Å². The molecule has 3 rings (SSSR count). The molecule has 8 heteroatoms. The normalized spacial score (nSPS) is 10.1. The van der Waals surface area contributed by atoms with E-state index in [1.54, 1.807) is 18.6 Å². The van der Waals surface area contributed by atoms with Crippen LogP contribution < -0.4 is 0 Å². The minimum absolute atomic E-state index is 0.423. The molecule has 5 nitrogen and oxygen atoms in total. The molecule has 3 aromatic rings. The van der Waals surface area contributed by atoms with Crippen LogP contribution in [0.1, 0.15) is 5.56 Å². The smallest absolute Gasteiger partial charge is 0.190 e. The molecule has 0 bridgehead atoms. The molecule has 0 atom stereocenters. The van der Waals surface area contributed by atoms with E-state index in [0.717, 1.165) is 9.90 Å². The summed E-state index contributed by atoms with van der Waals surface area (Å²) in [7, 11) is 0. The molecule has 3 aromatic heterocycles. The number of terminal acetylenes is 1. The standard InChI is InChI=1S/C16H9N5S3/c1-2-8-22-15-20-13(11-3-5-18-6-4-11)12(10-17)14(21-15)24-16-19-7-9-23-16/h1,3-7,9H,8H2. The molecule has 0 N–H and O–H groups in total. The zero-order chi connectivity index (χ0) is 16.8. The molecular weight excluding hydrogens is 358 g/mol. The molecule has 0 saturated carbocycles. The molecule has 24 heavy (non-hydrogen) atoms. The van der Waals surface area contributed by atoms with Crippen LogP contribution in [0.4, 0.5) is 0 Å². The van der Waals surface area contributed by atoms with Gasteiger partial charge >= 0.3 is 0 Å². The lowest BCUT2D eigenvalue weighted by molar-refractivity contribution is 0.888. The van der Waals surface area contributed by atoms with Gasteiger partial charge in [0.1, 0.15) is 16.7 Å². The summed E-state index contributed by atoms with van der Waals surface area (Å²) in [5.41, 5.74) is 1.81. The molecule has 0 unspecified atom stereocenters. The highest BCUT2D eigenvalue weighted by Crippen LogP contribution is 2.35. The number of aromatic nitrogens is 4. The Bertz CT molecular complexity index is 911. The van der Waals surface area contributed by atoms with Crippen molar-refractivity contribution in [2.75, 3.05) is 5.75 Å². The lowest BCUT2D eigenvalue weighted by Gasteiger charge is -2.09. The third kappa shape index (κ3) is 3.74. The van der Waals surface area contributed by atoms with Crippen LogP contribution in [-0.4, -0.2) is 25.7 Å². The summed E-state index contributed by atoms with van der Waals surface area (Å²) >= 11 is 4.21. The molecule has 0 radical (unpaired) electrons. The molecular formula is C16H9N5S3. The topological polar surface area (TPSA) is 75.3 Å². The first-order chi connectivity index (χ1) is 11.8. The largest absolute Gasteiger partial charge is 0.265 e. The van der Waals surface area contributed by atoms with Crippen molar-refractivity contribution in [3.63, 3.8) is 0 Å². The van der Waals surface area contributed by atoms with Gasteiger partial charge in [-0.1, -0.05) is 17.7 Å². The lowest BCUT2D eigenvalue weighted by atomic mass is 10.1. The number of thiazole rings is 1. The van der Waals surface area contributed by atoms with E-state index in [0.29, 0.717) is 27.2 Å². The Kier molecular flexibility index (Phi) is 5.44. The summed E-state index contributed by atoms with van der Waals surface area (Å²) in [4.78, 5) is 17.3. The zero-order valence-corrected chi connectivity index (χ0v) is 14.7. The van der Waals surface area contributed by atoms with Crippen molar-refractivity contribution in [3.05, 3.63) is 41.7 Å². The van der Waals surface area contributed by atoms with Gasteiger partial charge in [0.05, 0.1) is 11.4 Å². The maximum absolute atomic E-state index is 9.64. The highest BCUT2D eigenvalue weighted by molar-refractivity contribution is 8.01. The Morgan fingerprint density at radius 1 is 1.21 bits per heavy atom. The van der Waals surface area contributed by atoms with E-state index in [9.17, 15) is 5.26 Å². The molecule has 0 spiro atoms. The first-order valence-electron chi connectivity index (χ1n) is 6.68. The van der Waals surface area contributed by atoms with E-state index < -0.39 is 0 Å². The van der Waals surface area contributed by atoms with E-state index in [4.69, 9.17) is 6.42 Å². The van der Waals surface area contributed by atoms with Crippen LogP contribution in [0.2, 0.25) is 0 Å². The van der Waals surface area contributed by atoms with Gasteiger partial charge in [-0.05, 0) is 23.9 Å². The number of rotatable bonds is 5. The number of hydrogen-bond acceptors (Lipinski definition) is 8. The van der Waals surface area contributed by atoms with Gasteiger partial charge < -0.3 is 0 Å². The van der Waals surface area contributed by atoms with Gasteiger partial charge in [-0.15, -0.1) is 17.8 Å². The summed E-state index contributed by atoms with van der Waals surface area (Å²) < 4.78 is 0.818. The Morgan fingerprint density at radius 2 is 2.04 bits per heavy atom. The summed E-state index contributed by atoms with van der Waals surface area (Å²) in [5, 5.41) is 12.6. The summed E-state index contributed by atoms with van der Waals surface area (Å²) in [6.45, 7) is 0. The van der Waals surface area contributed by atoms with Gasteiger partial charge in [0.2, 0.25) is 0 Å². The van der Waals surface area contributed by atoms with E-state index >= 15 is 0 Å². The maximum atomic E-state index is 9.64. The molecule has 0 fully saturated rings. The number of nitrogens with zero attached hydrogens (tertiary/aromatic N) is 5. The quantitative estimate of drug-likeness (QED) is 0.294. The number of pyridine rings is 1. The molecule has 0 amide bonds. The Balaban J connectivity index is 2.12. The molecule has 3 heterocycles. The first kappa shape index (κ1) is 16.5. The van der Waals surface area contributed by atoms with Crippen molar-refractivity contribution in [2.24, 2.45) is 0 Å². The van der Waals surface area contributed by atoms with Crippen LogP contribution in [0.25, 0.3) is 11.3 Å². The second-order valence-electron chi connectivity index (χ2n) is 4.28. The van der Waals surface area contributed by atoms with Gasteiger partial charge in [-0.3, -0.25) is 4.98 Å². The number of nitriles is 1. The Hall–Kier alpha value is -2.39. The minimum Gasteiger partial charge on any atom is -0.265 e. The third-order valence-electron chi connectivity index (χ3n) is 2.80. The summed E-state index contributed by atoms with van der Waals surface area (Å²) in [6, 6.07) is 5.85. The molecule has 116 valence electrons. The van der Waals surface area contributed by atoms with Crippen molar-refractivity contribution in [3.8, 4) is 29.7 Å². The molecule has 0 aliphatic rings. The van der Waals surface area contributed by atoms with E-state index in [1.165, 1.54) is 34.9 Å². The van der Waals surface area contributed by atoms with Crippen molar-refractivity contribution < 1.29 is 0 Å². The van der Waals surface area contributed by atoms with Crippen molar-refractivity contribution in [1.29, 1.82) is 5.26 Å². The van der Waals surface area contributed by atoms with Crippen molar-refractivity contribution >= 4 is 34.9 Å². The minimum atomic E-state index is 0.423. The zero-order valence-electron chi connectivity index (χ0n) is 12.2. The van der Waals surface area contributed by atoms with Crippen LogP contribution in [0, 0.1) is 23.7 Å². The molecule has 0 aliphatic carbocycles. The second kappa shape index (κ2) is 7.93. The van der Waals surface area contributed by atoms with E-state index in [-0.39, 0.29) is 0 Å². The van der Waals surface area contributed by atoms with Gasteiger partial charge in [-0.2, -0.15) is 5.26 Å². The van der Waals surface area contributed by atoms with Crippen LogP contribution in [0.5, 0.6) is 0 Å². The number of thioether (sulfide) groups is 1. The van der Waals surface area contributed by atoms with Crippen LogP contribution >= 0.6 is 34.9 Å². The van der Waals surface area contributed by atoms with Crippen LogP contribution in [0.3, 0.4) is 0 Å². The Morgan fingerprint density at radius 3 is 2.71 bits per heavy atom. The maximum Gasteiger partial charge on any atom is 0.190 e. The van der Waals surface area contributed by atoms with Crippen molar-refractivity contribution in [2.45, 2.75) is 14.5 Å². The summed E-state index contributed by atoms with van der Waals surface area (Å²) in [5.74, 6) is 3.02. The molecule has 0 aromatic carbocycles. The lowest BCUT2D eigenvalue weighted by Crippen LogP contribution is -1.99. The fourth-order valence-corrected chi connectivity index (χ4v) is 4.02. The third-order valence-corrected chi connectivity index (χ3v) is 5.42. The fourth-order valence-electron chi connectivity index (χ4n) is 1.83. The van der Waals surface area contributed by atoms with Gasteiger partial charge in [-0.25, -0.2) is 15.0 Å². The molecule has 0 aliphatic heterocycles. The predicted octanol–water partition coefficient (Wildman–Crippen LogP) is 3.74. The fraction of sp³-hybridized carbons (Fsp3) is 0.0625. The first-order valence-corrected chi connectivity index (χ1v) is 9.36. The predicted molar refractivity (Wildman–Crippen MR) is 95.8 cm³/mol. The Labute approximate surface area is 151 Å². The highest BCUT2D eigenvalue weighted by atomic mass is 32.2. The highest BCUT2D eigenvalue weighted by Gasteiger charge is 2.18. The second-order valence-corrected chi connectivity index (χ2v) is 7.35. The van der Waals surface area contributed by atoms with Gasteiger partial charge in [0.15, 0.2) is 9.50 Å². The van der Waals surface area contributed by atoms with Gasteiger partial charge in [0, 0.05) is 29.5 Å². The van der Waals surface area contributed by atoms with Crippen molar-refractivity contribution in [1.82, 2.24) is 19.9 Å². The average Bonchev–Trinajstić information content (AvgIpc) is 3.13. The summed E-state index contributed by atoms with van der Waals surface area (Å²) in [6.07, 6.45) is 10.4. The average molecular weight is 367 g/mol. The SMILES string of the molecule is C#CCSc1nc(Sc2nccs2)c(C#N)c(-c2ccncc2)n1. The van der Waals surface area contributed by atoms with Crippen LogP contribution in [0.15, 0.2) is 50.6 Å². The van der Waals surface area contributed by atoms with Crippen LogP contribution in [-0.2, 0) is 0 Å². The van der Waals surface area contributed by atoms with Gasteiger partial charge in [0.25, 0.3) is 0 Å².